The van der Waals surface area contributed by atoms with E-state index in [1.165, 1.54) is 4.90 Å². The summed E-state index contributed by atoms with van der Waals surface area (Å²) in [5, 5.41) is -0.468. The van der Waals surface area contributed by atoms with Gasteiger partial charge in [-0.1, -0.05) is 0 Å². The smallest absolute Gasteiger partial charge is 0.316 e. The number of halogens is 1. The van der Waals surface area contributed by atoms with Crippen molar-refractivity contribution in [3.05, 3.63) is 0 Å². The number of hydrogen-bond acceptors (Lipinski definition) is 3. The first-order valence-corrected chi connectivity index (χ1v) is 4.02. The molecule has 0 radical (unpaired) electrons. The molecule has 0 rings (SSSR count). The summed E-state index contributed by atoms with van der Waals surface area (Å²) >= 11 is 5.29. The van der Waals surface area contributed by atoms with Gasteiger partial charge in [0.1, 0.15) is 0 Å². The van der Waals surface area contributed by atoms with Gasteiger partial charge >= 0.3 is 5.37 Å². The summed E-state index contributed by atoms with van der Waals surface area (Å²) in [7, 11) is 3.15. The van der Waals surface area contributed by atoms with Gasteiger partial charge in [-0.2, -0.15) is 0 Å². The molecule has 0 fully saturated rings. The number of hydrogen-bond donors (Lipinski definition) is 0. The SMILES string of the molecule is COCCN(CCOC)C(=O)Cl. The van der Waals surface area contributed by atoms with E-state index in [1.807, 2.05) is 0 Å². The molecule has 0 heterocycles. The molecular formula is C7H14ClNO3. The summed E-state index contributed by atoms with van der Waals surface area (Å²) in [4.78, 5) is 12.2. The Labute approximate surface area is 77.4 Å². The summed E-state index contributed by atoms with van der Waals surface area (Å²) in [6.07, 6.45) is 0. The van der Waals surface area contributed by atoms with E-state index in [9.17, 15) is 4.79 Å². The van der Waals surface area contributed by atoms with E-state index in [1.54, 1.807) is 14.2 Å². The van der Waals surface area contributed by atoms with Crippen molar-refractivity contribution in [3.8, 4) is 0 Å². The summed E-state index contributed by atoms with van der Waals surface area (Å²) in [5.41, 5.74) is 0. The largest absolute Gasteiger partial charge is 0.383 e. The van der Waals surface area contributed by atoms with Gasteiger partial charge < -0.3 is 14.4 Å². The van der Waals surface area contributed by atoms with E-state index in [0.29, 0.717) is 26.3 Å². The van der Waals surface area contributed by atoms with Crippen LogP contribution in [0.15, 0.2) is 0 Å². The van der Waals surface area contributed by atoms with E-state index in [2.05, 4.69) is 0 Å². The first kappa shape index (κ1) is 11.7. The third-order valence-electron chi connectivity index (χ3n) is 1.38. The molecule has 0 aromatic carbocycles. The van der Waals surface area contributed by atoms with Gasteiger partial charge in [0, 0.05) is 27.3 Å². The van der Waals surface area contributed by atoms with Crippen LogP contribution in [-0.4, -0.2) is 50.8 Å². The Morgan fingerprint density at radius 1 is 1.25 bits per heavy atom. The van der Waals surface area contributed by atoms with Crippen LogP contribution in [0.2, 0.25) is 0 Å². The van der Waals surface area contributed by atoms with Gasteiger partial charge in [-0.15, -0.1) is 0 Å². The van der Waals surface area contributed by atoms with Crippen LogP contribution in [0.4, 0.5) is 4.79 Å². The Balaban J connectivity index is 3.62. The molecule has 0 unspecified atom stereocenters. The highest BCUT2D eigenvalue weighted by Crippen LogP contribution is 1.95. The Kier molecular flexibility index (Phi) is 7.14. The molecule has 0 aromatic rings. The second-order valence-corrected chi connectivity index (χ2v) is 2.55. The average Bonchev–Trinajstić information content (AvgIpc) is 2.04. The van der Waals surface area contributed by atoms with Gasteiger partial charge in [0.25, 0.3) is 0 Å². The molecular weight excluding hydrogens is 182 g/mol. The normalized spacial score (nSPS) is 9.92. The molecule has 0 atom stereocenters. The van der Waals surface area contributed by atoms with Crippen molar-refractivity contribution in [2.45, 2.75) is 0 Å². The molecule has 5 heteroatoms. The summed E-state index contributed by atoms with van der Waals surface area (Å²) in [6, 6.07) is 0. The fourth-order valence-electron chi connectivity index (χ4n) is 0.691. The lowest BCUT2D eigenvalue weighted by atomic mass is 10.5. The lowest BCUT2D eigenvalue weighted by molar-refractivity contribution is 0.131. The highest BCUT2D eigenvalue weighted by atomic mass is 35.5. The molecule has 1 amide bonds. The quantitative estimate of drug-likeness (QED) is 0.468. The Morgan fingerprint density at radius 3 is 1.92 bits per heavy atom. The molecule has 0 bridgehead atoms. The Bertz CT molecular complexity index is 124. The first-order chi connectivity index (χ1) is 5.72. The molecule has 0 aliphatic rings. The van der Waals surface area contributed by atoms with Gasteiger partial charge in [-0.25, -0.2) is 0 Å². The molecule has 0 saturated heterocycles. The van der Waals surface area contributed by atoms with Crippen molar-refractivity contribution in [1.82, 2.24) is 4.90 Å². The van der Waals surface area contributed by atoms with E-state index in [-0.39, 0.29) is 0 Å². The van der Waals surface area contributed by atoms with Crippen LogP contribution in [0.5, 0.6) is 0 Å². The minimum Gasteiger partial charge on any atom is -0.383 e. The van der Waals surface area contributed by atoms with Crippen molar-refractivity contribution in [3.63, 3.8) is 0 Å². The molecule has 0 saturated carbocycles. The lowest BCUT2D eigenvalue weighted by Crippen LogP contribution is -2.32. The third kappa shape index (κ3) is 5.35. The van der Waals surface area contributed by atoms with Gasteiger partial charge in [-0.05, 0) is 11.6 Å². The van der Waals surface area contributed by atoms with E-state index in [4.69, 9.17) is 21.1 Å². The number of carbonyl (C=O) groups excluding carboxylic acids is 1. The topological polar surface area (TPSA) is 38.8 Å². The molecule has 12 heavy (non-hydrogen) atoms. The molecule has 4 nitrogen and oxygen atoms in total. The zero-order chi connectivity index (χ0) is 9.40. The van der Waals surface area contributed by atoms with Gasteiger partial charge in [0.2, 0.25) is 0 Å². The van der Waals surface area contributed by atoms with Crippen LogP contribution in [-0.2, 0) is 9.47 Å². The highest BCUT2D eigenvalue weighted by molar-refractivity contribution is 6.62. The van der Waals surface area contributed by atoms with Crippen LogP contribution in [0.1, 0.15) is 0 Å². The van der Waals surface area contributed by atoms with Crippen molar-refractivity contribution < 1.29 is 14.3 Å². The van der Waals surface area contributed by atoms with Gasteiger partial charge in [0.15, 0.2) is 0 Å². The van der Waals surface area contributed by atoms with E-state index >= 15 is 0 Å². The molecule has 0 spiro atoms. The number of methoxy groups -OCH3 is 2. The predicted molar refractivity (Wildman–Crippen MR) is 46.6 cm³/mol. The van der Waals surface area contributed by atoms with Crippen molar-refractivity contribution in [1.29, 1.82) is 0 Å². The zero-order valence-corrected chi connectivity index (χ0v) is 8.13. The number of nitrogens with zero attached hydrogens (tertiary/aromatic N) is 1. The van der Waals surface area contributed by atoms with Crippen LogP contribution in [0, 0.1) is 0 Å². The maximum Gasteiger partial charge on any atom is 0.316 e. The summed E-state index contributed by atoms with van der Waals surface area (Å²) in [6.45, 7) is 1.98. The Morgan fingerprint density at radius 2 is 1.67 bits per heavy atom. The van der Waals surface area contributed by atoms with Crippen molar-refractivity contribution >= 4 is 17.0 Å². The molecule has 72 valence electrons. The highest BCUT2D eigenvalue weighted by Gasteiger charge is 2.08. The number of rotatable bonds is 6. The zero-order valence-electron chi connectivity index (χ0n) is 7.38. The standard InChI is InChI=1S/C7H14ClNO3/c1-11-5-3-9(7(8)10)4-6-12-2/h3-6H2,1-2H3. The minimum absolute atomic E-state index is 0.468. The number of carbonyl (C=O) groups is 1. The summed E-state index contributed by atoms with van der Waals surface area (Å²) in [5.74, 6) is 0. The van der Waals surface area contributed by atoms with E-state index in [0.717, 1.165) is 0 Å². The third-order valence-corrected chi connectivity index (χ3v) is 1.62. The minimum atomic E-state index is -0.468. The second-order valence-electron chi connectivity index (χ2n) is 2.23. The maximum absolute atomic E-state index is 10.7. The van der Waals surface area contributed by atoms with Crippen LogP contribution < -0.4 is 0 Å². The molecule has 0 aliphatic carbocycles. The summed E-state index contributed by atoms with van der Waals surface area (Å²) < 4.78 is 9.62. The van der Waals surface area contributed by atoms with E-state index < -0.39 is 5.37 Å². The predicted octanol–water partition coefficient (Wildman–Crippen LogP) is 0.940. The molecule has 0 N–H and O–H groups in total. The fourth-order valence-corrected chi connectivity index (χ4v) is 0.860. The monoisotopic (exact) mass is 195 g/mol. The second kappa shape index (κ2) is 7.34. The maximum atomic E-state index is 10.7. The first-order valence-electron chi connectivity index (χ1n) is 3.64. The molecule has 0 aliphatic heterocycles. The van der Waals surface area contributed by atoms with Gasteiger partial charge in [0.05, 0.1) is 13.2 Å². The Hall–Kier alpha value is -0.320. The van der Waals surface area contributed by atoms with Crippen LogP contribution in [0.25, 0.3) is 0 Å². The molecule has 0 aromatic heterocycles. The fraction of sp³-hybridized carbons (Fsp3) is 0.857. The number of amides is 1. The van der Waals surface area contributed by atoms with Crippen molar-refractivity contribution in [2.75, 3.05) is 40.5 Å². The van der Waals surface area contributed by atoms with Crippen LogP contribution in [0.3, 0.4) is 0 Å². The van der Waals surface area contributed by atoms with Crippen molar-refractivity contribution in [2.24, 2.45) is 0 Å². The number of ether oxygens (including phenoxy) is 2. The average molecular weight is 196 g/mol. The lowest BCUT2D eigenvalue weighted by Gasteiger charge is -2.18. The van der Waals surface area contributed by atoms with Gasteiger partial charge in [-0.3, -0.25) is 4.79 Å². The van der Waals surface area contributed by atoms with Crippen LogP contribution >= 0.6 is 11.6 Å².